The maximum Gasteiger partial charge on any atom is 0.306 e. The van der Waals surface area contributed by atoms with Crippen LogP contribution in [0.25, 0.3) is 0 Å². The third kappa shape index (κ3) is 52.6. The van der Waals surface area contributed by atoms with E-state index in [0.717, 1.165) is 161 Å². The highest BCUT2D eigenvalue weighted by molar-refractivity contribution is 5.71. The molecule has 6 heteroatoms. The Morgan fingerprint density at radius 3 is 0.925 bits per heavy atom. The highest BCUT2D eigenvalue weighted by Crippen LogP contribution is 2.13. The summed E-state index contributed by atoms with van der Waals surface area (Å²) in [7, 11) is 0. The minimum Gasteiger partial charge on any atom is -0.462 e. The summed E-state index contributed by atoms with van der Waals surface area (Å²) in [6.07, 6.45) is 74.6. The van der Waals surface area contributed by atoms with Crippen molar-refractivity contribution in [2.45, 2.75) is 232 Å². The summed E-state index contributed by atoms with van der Waals surface area (Å²) in [5.74, 6) is -0.975. The first-order valence-electron chi connectivity index (χ1n) is 27.0. The van der Waals surface area contributed by atoms with Crippen LogP contribution in [-0.4, -0.2) is 37.2 Å². The van der Waals surface area contributed by atoms with E-state index in [4.69, 9.17) is 14.2 Å². The van der Waals surface area contributed by atoms with Gasteiger partial charge in [-0.15, -0.1) is 0 Å². The Balaban J connectivity index is 4.52. The van der Waals surface area contributed by atoms with Crippen LogP contribution in [0.3, 0.4) is 0 Å². The van der Waals surface area contributed by atoms with Gasteiger partial charge in [-0.05, 0) is 128 Å². The largest absolute Gasteiger partial charge is 0.462 e. The minimum atomic E-state index is -0.810. The fourth-order valence-electron chi connectivity index (χ4n) is 6.92. The summed E-state index contributed by atoms with van der Waals surface area (Å²) in [6.45, 7) is 6.32. The molecule has 0 aliphatic carbocycles. The molecule has 6 nitrogen and oxygen atoms in total. The van der Waals surface area contributed by atoms with Crippen LogP contribution < -0.4 is 0 Å². The van der Waals surface area contributed by atoms with E-state index in [9.17, 15) is 14.4 Å². The smallest absolute Gasteiger partial charge is 0.306 e. The number of unbranched alkanes of at least 4 members (excludes halogenated alkanes) is 16. The van der Waals surface area contributed by atoms with Crippen molar-refractivity contribution in [1.29, 1.82) is 0 Å². The van der Waals surface area contributed by atoms with Crippen molar-refractivity contribution in [3.63, 3.8) is 0 Å². The molecule has 1 atom stereocenters. The van der Waals surface area contributed by atoms with Gasteiger partial charge in [0.25, 0.3) is 0 Å². The van der Waals surface area contributed by atoms with Gasteiger partial charge in [0.2, 0.25) is 0 Å². The van der Waals surface area contributed by atoms with E-state index in [-0.39, 0.29) is 31.1 Å². The predicted molar refractivity (Wildman–Crippen MR) is 288 cm³/mol. The van der Waals surface area contributed by atoms with Gasteiger partial charge in [-0.3, -0.25) is 14.4 Å². The van der Waals surface area contributed by atoms with Crippen molar-refractivity contribution in [3.8, 4) is 0 Å². The lowest BCUT2D eigenvalue weighted by Crippen LogP contribution is -2.30. The molecule has 0 spiro atoms. The molecule has 378 valence electrons. The molecular weight excluding hydrogens is 829 g/mol. The van der Waals surface area contributed by atoms with Gasteiger partial charge in [-0.25, -0.2) is 0 Å². The van der Waals surface area contributed by atoms with Crippen LogP contribution >= 0.6 is 0 Å². The van der Waals surface area contributed by atoms with E-state index in [1.807, 2.05) is 0 Å². The summed E-state index contributed by atoms with van der Waals surface area (Å²) in [5.41, 5.74) is 0. The van der Waals surface area contributed by atoms with E-state index in [2.05, 4.69) is 142 Å². The third-order valence-electron chi connectivity index (χ3n) is 10.9. The normalized spacial score (nSPS) is 13.1. The Morgan fingerprint density at radius 1 is 0.313 bits per heavy atom. The Hall–Kier alpha value is -4.19. The zero-order chi connectivity index (χ0) is 48.6. The molecule has 0 aromatic rings. The number of hydrogen-bond acceptors (Lipinski definition) is 6. The molecule has 0 aromatic heterocycles. The lowest BCUT2D eigenvalue weighted by Gasteiger charge is -2.18. The molecule has 0 heterocycles. The highest BCUT2D eigenvalue weighted by Gasteiger charge is 2.19. The number of rotatable bonds is 47. The molecule has 0 N–H and O–H groups in total. The van der Waals surface area contributed by atoms with Crippen molar-refractivity contribution in [2.24, 2.45) is 0 Å². The third-order valence-corrected chi connectivity index (χ3v) is 10.9. The van der Waals surface area contributed by atoms with Gasteiger partial charge in [0, 0.05) is 19.3 Å². The summed E-state index contributed by atoms with van der Waals surface area (Å²) in [6, 6.07) is 0. The van der Waals surface area contributed by atoms with Gasteiger partial charge < -0.3 is 14.2 Å². The van der Waals surface area contributed by atoms with Crippen LogP contribution in [0.1, 0.15) is 226 Å². The average Bonchev–Trinajstić information content (AvgIpc) is 3.33. The van der Waals surface area contributed by atoms with E-state index in [0.29, 0.717) is 19.3 Å². The Morgan fingerprint density at radius 2 is 0.582 bits per heavy atom. The first kappa shape index (κ1) is 62.8. The Bertz CT molecular complexity index is 1440. The molecule has 0 aliphatic heterocycles. The number of allylic oxidation sites excluding steroid dienone is 20. The lowest BCUT2D eigenvalue weighted by atomic mass is 10.1. The quantitative estimate of drug-likeness (QED) is 0.0262. The second-order valence-electron chi connectivity index (χ2n) is 17.4. The van der Waals surface area contributed by atoms with Crippen LogP contribution in [0.5, 0.6) is 0 Å². The van der Waals surface area contributed by atoms with Gasteiger partial charge in [-0.1, -0.05) is 200 Å². The summed E-state index contributed by atoms with van der Waals surface area (Å²) in [4.78, 5) is 38.1. The standard InChI is InChI=1S/C61H98O6/c1-4-7-10-13-16-19-22-25-28-29-30-31-34-36-39-42-45-48-51-54-60(63)66-57-58(67-61(64)55-52-49-46-43-40-37-33-27-24-21-18-15-12-9-6-3)56-65-59(62)53-50-47-44-41-38-35-32-26-23-20-17-14-11-8-5-2/h7,9-10,12,16-21,25-28,30-33,36,39,58H,4-6,8,11,13-15,22-24,29,34-35,37-38,40-57H2,1-3H3/b10-7-,12-9-,19-16-,20-17-,21-18-,28-25-,31-30-,32-26-,33-27-,39-36-/t58-/m0/s1. The second kappa shape index (κ2) is 54.4. The summed E-state index contributed by atoms with van der Waals surface area (Å²) in [5, 5.41) is 0. The molecular formula is C61H98O6. The van der Waals surface area contributed by atoms with Crippen molar-refractivity contribution in [2.75, 3.05) is 13.2 Å². The van der Waals surface area contributed by atoms with Gasteiger partial charge in [0.05, 0.1) is 0 Å². The monoisotopic (exact) mass is 927 g/mol. The van der Waals surface area contributed by atoms with Crippen molar-refractivity contribution >= 4 is 17.9 Å². The molecule has 0 saturated carbocycles. The number of ether oxygens (including phenoxy) is 3. The van der Waals surface area contributed by atoms with E-state index < -0.39 is 6.10 Å². The first-order chi connectivity index (χ1) is 33.0. The molecule has 0 aromatic carbocycles. The Kier molecular flexibility index (Phi) is 51.0. The molecule has 0 aliphatic rings. The van der Waals surface area contributed by atoms with Crippen LogP contribution in [0.15, 0.2) is 122 Å². The minimum absolute atomic E-state index is 0.107. The number of carbonyl (C=O) groups is 3. The fourth-order valence-corrected chi connectivity index (χ4v) is 6.92. The molecule has 0 bridgehead atoms. The van der Waals surface area contributed by atoms with Gasteiger partial charge in [-0.2, -0.15) is 0 Å². The number of hydrogen-bond donors (Lipinski definition) is 0. The van der Waals surface area contributed by atoms with Gasteiger partial charge >= 0.3 is 17.9 Å². The fraction of sp³-hybridized carbons (Fsp3) is 0.623. The highest BCUT2D eigenvalue weighted by atomic mass is 16.6. The summed E-state index contributed by atoms with van der Waals surface area (Å²) < 4.78 is 16.8. The molecule has 0 unspecified atom stereocenters. The molecule has 0 radical (unpaired) electrons. The first-order valence-corrected chi connectivity index (χ1v) is 27.0. The zero-order valence-electron chi connectivity index (χ0n) is 43.1. The Labute approximate surface area is 412 Å². The predicted octanol–water partition coefficient (Wildman–Crippen LogP) is 18.1. The van der Waals surface area contributed by atoms with Gasteiger partial charge in [0.1, 0.15) is 13.2 Å². The topological polar surface area (TPSA) is 78.9 Å². The average molecular weight is 927 g/mol. The number of esters is 3. The van der Waals surface area contributed by atoms with E-state index in [1.165, 1.54) is 25.7 Å². The van der Waals surface area contributed by atoms with Crippen LogP contribution in [-0.2, 0) is 28.6 Å². The summed E-state index contributed by atoms with van der Waals surface area (Å²) >= 11 is 0. The molecule has 67 heavy (non-hydrogen) atoms. The lowest BCUT2D eigenvalue weighted by molar-refractivity contribution is -0.167. The van der Waals surface area contributed by atoms with Gasteiger partial charge in [0.15, 0.2) is 6.10 Å². The SMILES string of the molecule is CC/C=C\C/C=C\C/C=C\C/C=C\C/C=C\CCCCCC(=O)OC[C@H](COC(=O)CCCCCCC/C=C\C/C=C\CCCCC)OC(=O)CCCCCCC/C=C\C/C=C\C/C=C\CC. The van der Waals surface area contributed by atoms with Crippen LogP contribution in [0.2, 0.25) is 0 Å². The molecule has 0 fully saturated rings. The maximum atomic E-state index is 12.8. The van der Waals surface area contributed by atoms with E-state index >= 15 is 0 Å². The molecule has 0 amide bonds. The molecule has 0 rings (SSSR count). The van der Waals surface area contributed by atoms with Crippen molar-refractivity contribution in [1.82, 2.24) is 0 Å². The van der Waals surface area contributed by atoms with Crippen molar-refractivity contribution in [3.05, 3.63) is 122 Å². The second-order valence-corrected chi connectivity index (χ2v) is 17.4. The van der Waals surface area contributed by atoms with Crippen molar-refractivity contribution < 1.29 is 28.6 Å². The van der Waals surface area contributed by atoms with E-state index in [1.54, 1.807) is 0 Å². The van der Waals surface area contributed by atoms with Crippen LogP contribution in [0, 0.1) is 0 Å². The zero-order valence-corrected chi connectivity index (χ0v) is 43.1. The maximum absolute atomic E-state index is 12.8. The van der Waals surface area contributed by atoms with Crippen LogP contribution in [0.4, 0.5) is 0 Å². The number of carbonyl (C=O) groups excluding carboxylic acids is 3. The molecule has 0 saturated heterocycles.